The molecule has 0 saturated carbocycles. The molecular formula is C11H10N2O. The van der Waals surface area contributed by atoms with E-state index in [0.29, 0.717) is 0 Å². The average molecular weight is 186 g/mol. The van der Waals surface area contributed by atoms with Crippen molar-refractivity contribution in [2.75, 3.05) is 5.06 Å². The summed E-state index contributed by atoms with van der Waals surface area (Å²) < 4.78 is 0. The predicted molar refractivity (Wildman–Crippen MR) is 54.0 cm³/mol. The van der Waals surface area contributed by atoms with Gasteiger partial charge >= 0.3 is 0 Å². The second-order valence-electron chi connectivity index (χ2n) is 3.29. The Kier molecular flexibility index (Phi) is 1.50. The molecule has 0 amide bonds. The molecule has 0 spiro atoms. The van der Waals surface area contributed by atoms with Gasteiger partial charge in [0.15, 0.2) is 5.75 Å². The molecule has 70 valence electrons. The standard InChI is InChI=1S/C11H10N2O/c1-2-5-10-9(4-1)8-13(14-10)11-6-3-7-12-11/h1-7,12H,8H2. The average Bonchev–Trinajstić information content (AvgIpc) is 2.86. The van der Waals surface area contributed by atoms with Gasteiger partial charge in [-0.05, 0) is 18.2 Å². The number of hydrogen-bond acceptors (Lipinski definition) is 2. The first-order chi connectivity index (χ1) is 6.93. The third kappa shape index (κ3) is 1.06. The largest absolute Gasteiger partial charge is 0.377 e. The van der Waals surface area contributed by atoms with E-state index in [9.17, 15) is 0 Å². The summed E-state index contributed by atoms with van der Waals surface area (Å²) in [6.07, 6.45) is 1.89. The Bertz CT molecular complexity index is 411. The van der Waals surface area contributed by atoms with Gasteiger partial charge in [0, 0.05) is 11.8 Å². The normalized spacial score (nSPS) is 13.9. The van der Waals surface area contributed by atoms with Crippen molar-refractivity contribution < 1.29 is 4.84 Å². The van der Waals surface area contributed by atoms with E-state index in [1.807, 2.05) is 41.6 Å². The minimum atomic E-state index is 0.802. The fourth-order valence-corrected chi connectivity index (χ4v) is 1.64. The van der Waals surface area contributed by atoms with Crippen LogP contribution >= 0.6 is 0 Å². The van der Waals surface area contributed by atoms with E-state index in [1.165, 1.54) is 5.56 Å². The SMILES string of the molecule is c1c[nH]c(N2Cc3ccccc3O2)c1. The van der Waals surface area contributed by atoms with Crippen LogP contribution in [-0.4, -0.2) is 4.98 Å². The van der Waals surface area contributed by atoms with Crippen LogP contribution in [0.25, 0.3) is 0 Å². The number of aromatic nitrogens is 1. The fourth-order valence-electron chi connectivity index (χ4n) is 1.64. The van der Waals surface area contributed by atoms with Crippen LogP contribution in [-0.2, 0) is 6.54 Å². The van der Waals surface area contributed by atoms with Gasteiger partial charge in [0.2, 0.25) is 0 Å². The summed E-state index contributed by atoms with van der Waals surface area (Å²) in [5.41, 5.74) is 1.22. The van der Waals surface area contributed by atoms with Gasteiger partial charge in [-0.1, -0.05) is 18.2 Å². The number of aromatic amines is 1. The summed E-state index contributed by atoms with van der Waals surface area (Å²) in [6.45, 7) is 0.802. The van der Waals surface area contributed by atoms with E-state index in [2.05, 4.69) is 11.1 Å². The minimum absolute atomic E-state index is 0.802. The van der Waals surface area contributed by atoms with Crippen molar-refractivity contribution in [3.63, 3.8) is 0 Å². The third-order valence-electron chi connectivity index (χ3n) is 2.35. The number of hydroxylamine groups is 1. The van der Waals surface area contributed by atoms with Gasteiger partial charge in [-0.2, -0.15) is 5.06 Å². The molecule has 1 N–H and O–H groups in total. The number of hydrogen-bond donors (Lipinski definition) is 1. The zero-order valence-corrected chi connectivity index (χ0v) is 7.60. The van der Waals surface area contributed by atoms with Gasteiger partial charge in [0.05, 0.1) is 6.54 Å². The Hall–Kier alpha value is -1.90. The maximum atomic E-state index is 5.65. The molecule has 1 aromatic heterocycles. The molecule has 3 nitrogen and oxygen atoms in total. The van der Waals surface area contributed by atoms with Crippen LogP contribution in [0.3, 0.4) is 0 Å². The van der Waals surface area contributed by atoms with E-state index in [0.717, 1.165) is 18.1 Å². The number of anilines is 1. The van der Waals surface area contributed by atoms with Crippen LogP contribution < -0.4 is 9.90 Å². The molecule has 3 heteroatoms. The highest BCUT2D eigenvalue weighted by molar-refractivity contribution is 5.46. The number of nitrogens with one attached hydrogen (secondary N) is 1. The molecule has 2 heterocycles. The Balaban J connectivity index is 1.92. The lowest BCUT2D eigenvalue weighted by Gasteiger charge is -2.13. The summed E-state index contributed by atoms with van der Waals surface area (Å²) in [7, 11) is 0. The molecular weight excluding hydrogens is 176 g/mol. The number of para-hydroxylation sites is 1. The maximum absolute atomic E-state index is 5.65. The van der Waals surface area contributed by atoms with Crippen LogP contribution in [0.4, 0.5) is 5.82 Å². The van der Waals surface area contributed by atoms with Crippen LogP contribution in [0.15, 0.2) is 42.6 Å². The smallest absolute Gasteiger partial charge is 0.160 e. The molecule has 1 aliphatic heterocycles. The van der Waals surface area contributed by atoms with Gasteiger partial charge in [-0.3, -0.25) is 0 Å². The van der Waals surface area contributed by atoms with E-state index < -0.39 is 0 Å². The van der Waals surface area contributed by atoms with E-state index in [1.54, 1.807) is 0 Å². The molecule has 1 aliphatic rings. The Morgan fingerprint density at radius 1 is 1.14 bits per heavy atom. The molecule has 0 atom stereocenters. The first-order valence-electron chi connectivity index (χ1n) is 4.60. The molecule has 0 saturated heterocycles. The molecule has 2 aromatic rings. The molecule has 0 unspecified atom stereocenters. The van der Waals surface area contributed by atoms with Crippen LogP contribution in [0.1, 0.15) is 5.56 Å². The molecule has 0 radical (unpaired) electrons. The number of H-pyrrole nitrogens is 1. The summed E-state index contributed by atoms with van der Waals surface area (Å²) in [5.74, 6) is 1.93. The summed E-state index contributed by atoms with van der Waals surface area (Å²) in [5, 5.41) is 1.85. The predicted octanol–water partition coefficient (Wildman–Crippen LogP) is 2.33. The maximum Gasteiger partial charge on any atom is 0.160 e. The lowest BCUT2D eigenvalue weighted by Crippen LogP contribution is -2.20. The van der Waals surface area contributed by atoms with Crippen molar-refractivity contribution in [1.82, 2.24) is 4.98 Å². The van der Waals surface area contributed by atoms with Gasteiger partial charge < -0.3 is 9.82 Å². The Labute approximate surface area is 81.9 Å². The van der Waals surface area contributed by atoms with Crippen LogP contribution in [0.5, 0.6) is 5.75 Å². The van der Waals surface area contributed by atoms with Crippen molar-refractivity contribution in [2.45, 2.75) is 6.54 Å². The molecule has 3 rings (SSSR count). The highest BCUT2D eigenvalue weighted by atomic mass is 16.7. The highest BCUT2D eigenvalue weighted by Gasteiger charge is 2.20. The van der Waals surface area contributed by atoms with Crippen molar-refractivity contribution in [2.24, 2.45) is 0 Å². The van der Waals surface area contributed by atoms with Gasteiger partial charge in [-0.15, -0.1) is 0 Å². The second kappa shape index (κ2) is 2.80. The van der Waals surface area contributed by atoms with Crippen molar-refractivity contribution in [3.05, 3.63) is 48.2 Å². The molecule has 1 aromatic carbocycles. The molecule has 14 heavy (non-hydrogen) atoms. The second-order valence-corrected chi connectivity index (χ2v) is 3.29. The van der Waals surface area contributed by atoms with E-state index in [4.69, 9.17) is 4.84 Å². The summed E-state index contributed by atoms with van der Waals surface area (Å²) in [4.78, 5) is 8.77. The third-order valence-corrected chi connectivity index (χ3v) is 2.35. The zero-order chi connectivity index (χ0) is 9.38. The van der Waals surface area contributed by atoms with Gasteiger partial charge in [0.1, 0.15) is 5.82 Å². The van der Waals surface area contributed by atoms with Crippen molar-refractivity contribution in [1.29, 1.82) is 0 Å². The van der Waals surface area contributed by atoms with Crippen molar-refractivity contribution >= 4 is 5.82 Å². The van der Waals surface area contributed by atoms with Gasteiger partial charge in [-0.25, -0.2) is 0 Å². The zero-order valence-electron chi connectivity index (χ0n) is 7.60. The number of fused-ring (bicyclic) bond motifs is 1. The first-order valence-corrected chi connectivity index (χ1v) is 4.60. The molecule has 0 fully saturated rings. The number of rotatable bonds is 1. The van der Waals surface area contributed by atoms with E-state index in [-0.39, 0.29) is 0 Å². The van der Waals surface area contributed by atoms with Crippen LogP contribution in [0, 0.1) is 0 Å². The lowest BCUT2D eigenvalue weighted by atomic mass is 10.2. The number of benzene rings is 1. The van der Waals surface area contributed by atoms with Crippen molar-refractivity contribution in [3.8, 4) is 5.75 Å². The lowest BCUT2D eigenvalue weighted by molar-refractivity contribution is 0.305. The minimum Gasteiger partial charge on any atom is -0.377 e. The molecule has 0 aliphatic carbocycles. The molecule has 0 bridgehead atoms. The first kappa shape index (κ1) is 7.50. The summed E-state index contributed by atoms with van der Waals surface area (Å²) >= 11 is 0. The fraction of sp³-hybridized carbons (Fsp3) is 0.0909. The monoisotopic (exact) mass is 186 g/mol. The van der Waals surface area contributed by atoms with E-state index >= 15 is 0 Å². The highest BCUT2D eigenvalue weighted by Crippen LogP contribution is 2.30. The Morgan fingerprint density at radius 2 is 2.07 bits per heavy atom. The summed E-state index contributed by atoms with van der Waals surface area (Å²) in [6, 6.07) is 12.0. The van der Waals surface area contributed by atoms with Crippen LogP contribution in [0.2, 0.25) is 0 Å². The van der Waals surface area contributed by atoms with Gasteiger partial charge in [0.25, 0.3) is 0 Å². The number of nitrogens with zero attached hydrogens (tertiary/aromatic N) is 1. The Morgan fingerprint density at radius 3 is 2.86 bits per heavy atom. The topological polar surface area (TPSA) is 28.3 Å². The quantitative estimate of drug-likeness (QED) is 0.740.